The summed E-state index contributed by atoms with van der Waals surface area (Å²) in [5.41, 5.74) is 5.53. The molecule has 206 valence electrons. The Morgan fingerprint density at radius 1 is 0.925 bits per heavy atom. The van der Waals surface area contributed by atoms with Gasteiger partial charge in [-0.2, -0.15) is 5.10 Å². The minimum atomic E-state index is -0.445. The van der Waals surface area contributed by atoms with Crippen molar-refractivity contribution >= 4 is 66.5 Å². The Morgan fingerprint density at radius 3 is 2.48 bits per heavy atom. The molecule has 0 aliphatic heterocycles. The molecular weight excluding hydrogens is 644 g/mol. The zero-order valence-corrected chi connectivity index (χ0v) is 24.9. The van der Waals surface area contributed by atoms with Crippen LogP contribution in [0, 0.1) is 6.92 Å². The monoisotopic (exact) mass is 668 g/mol. The molecule has 0 saturated heterocycles. The van der Waals surface area contributed by atoms with Gasteiger partial charge in [0.05, 0.1) is 17.3 Å². The fourth-order valence-electron chi connectivity index (χ4n) is 3.60. The number of pyridine rings is 1. The molecule has 0 unspecified atom stereocenters. The Bertz CT molecular complexity index is 1540. The summed E-state index contributed by atoms with van der Waals surface area (Å²) in [4.78, 5) is 29.0. The Hall–Kier alpha value is -3.96. The topological polar surface area (TPSA) is 111 Å². The van der Waals surface area contributed by atoms with E-state index in [1.807, 2.05) is 56.3 Å². The van der Waals surface area contributed by atoms with Gasteiger partial charge in [-0.15, -0.1) is 0 Å². The molecule has 0 radical (unpaired) electrons. The standard InChI is InChI=1S/C29H26Br2N4O5/c1-3-38-25-13-19(8-11-24(25)39-16-26(36)34-20-9-6-18(2)7-10-20)15-33-35-27(37)17-40-29-23(31)14-22(30)21-5-4-12-32-28(21)29/h4-15H,3,16-17H2,1-2H3,(H,34,36)(H,35,37)/b33-15+. The van der Waals surface area contributed by atoms with Crippen molar-refractivity contribution in [3.8, 4) is 17.2 Å². The van der Waals surface area contributed by atoms with Crippen LogP contribution in [0.5, 0.6) is 17.2 Å². The minimum Gasteiger partial charge on any atom is -0.490 e. The van der Waals surface area contributed by atoms with Crippen LogP contribution >= 0.6 is 31.9 Å². The van der Waals surface area contributed by atoms with Crippen molar-refractivity contribution < 1.29 is 23.8 Å². The molecule has 3 aromatic carbocycles. The van der Waals surface area contributed by atoms with E-state index in [9.17, 15) is 9.59 Å². The van der Waals surface area contributed by atoms with E-state index in [-0.39, 0.29) is 19.1 Å². The molecule has 1 aromatic heterocycles. The Labute approximate surface area is 248 Å². The van der Waals surface area contributed by atoms with Gasteiger partial charge >= 0.3 is 0 Å². The molecule has 0 aliphatic carbocycles. The van der Waals surface area contributed by atoms with Gasteiger partial charge in [-0.1, -0.05) is 39.7 Å². The van der Waals surface area contributed by atoms with Crippen LogP contribution in [-0.2, 0) is 9.59 Å². The Balaban J connectivity index is 1.32. The molecule has 0 fully saturated rings. The maximum Gasteiger partial charge on any atom is 0.277 e. The molecule has 0 bridgehead atoms. The molecule has 4 rings (SSSR count). The van der Waals surface area contributed by atoms with Gasteiger partial charge in [0.25, 0.3) is 11.8 Å². The average Bonchev–Trinajstić information content (AvgIpc) is 2.94. The number of benzene rings is 3. The second kappa shape index (κ2) is 13.9. The average molecular weight is 670 g/mol. The number of hydrogen-bond acceptors (Lipinski definition) is 7. The molecule has 0 atom stereocenters. The Kier molecular flexibility index (Phi) is 10.1. The summed E-state index contributed by atoms with van der Waals surface area (Å²) in [7, 11) is 0. The van der Waals surface area contributed by atoms with E-state index in [1.165, 1.54) is 6.21 Å². The molecule has 2 amide bonds. The summed E-state index contributed by atoms with van der Waals surface area (Å²) in [6.45, 7) is 3.78. The molecular formula is C29H26Br2N4O5. The van der Waals surface area contributed by atoms with Crippen molar-refractivity contribution in [2.45, 2.75) is 13.8 Å². The number of hydrogen-bond donors (Lipinski definition) is 2. The third kappa shape index (κ3) is 7.80. The first-order chi connectivity index (χ1) is 19.3. The predicted octanol–water partition coefficient (Wildman–Crippen LogP) is 6.01. The number of rotatable bonds is 11. The number of aromatic nitrogens is 1. The maximum absolute atomic E-state index is 12.4. The zero-order chi connectivity index (χ0) is 28.5. The largest absolute Gasteiger partial charge is 0.490 e. The third-order valence-electron chi connectivity index (χ3n) is 5.46. The van der Waals surface area contributed by atoms with Crippen LogP contribution in [-0.4, -0.2) is 42.8 Å². The normalized spacial score (nSPS) is 10.9. The first kappa shape index (κ1) is 29.0. The minimum absolute atomic E-state index is 0.184. The number of hydrazone groups is 1. The van der Waals surface area contributed by atoms with Gasteiger partial charge in [-0.3, -0.25) is 14.6 Å². The zero-order valence-electron chi connectivity index (χ0n) is 21.7. The highest BCUT2D eigenvalue weighted by atomic mass is 79.9. The third-order valence-corrected chi connectivity index (χ3v) is 6.71. The van der Waals surface area contributed by atoms with Crippen LogP contribution in [0.4, 0.5) is 5.69 Å². The summed E-state index contributed by atoms with van der Waals surface area (Å²) in [5.74, 6) is 0.586. The number of carbonyl (C=O) groups is 2. The number of amides is 2. The number of halogens is 2. The lowest BCUT2D eigenvalue weighted by Crippen LogP contribution is -2.24. The van der Waals surface area contributed by atoms with Crippen molar-refractivity contribution in [3.05, 3.63) is 86.9 Å². The summed E-state index contributed by atoms with van der Waals surface area (Å²) in [5, 5.41) is 7.67. The summed E-state index contributed by atoms with van der Waals surface area (Å²) in [6.07, 6.45) is 3.13. The second-order valence-electron chi connectivity index (χ2n) is 8.49. The van der Waals surface area contributed by atoms with Crippen LogP contribution in [0.15, 0.2) is 80.9 Å². The van der Waals surface area contributed by atoms with Gasteiger partial charge in [0, 0.05) is 21.7 Å². The van der Waals surface area contributed by atoms with E-state index in [0.717, 1.165) is 15.4 Å². The highest BCUT2D eigenvalue weighted by Gasteiger charge is 2.14. The molecule has 0 saturated carbocycles. The van der Waals surface area contributed by atoms with Crippen molar-refractivity contribution in [1.82, 2.24) is 10.4 Å². The highest BCUT2D eigenvalue weighted by molar-refractivity contribution is 9.11. The number of carbonyl (C=O) groups excluding carboxylic acids is 2. The van der Waals surface area contributed by atoms with E-state index in [0.29, 0.717) is 45.1 Å². The second-order valence-corrected chi connectivity index (χ2v) is 10.2. The van der Waals surface area contributed by atoms with Gasteiger partial charge in [0.15, 0.2) is 30.5 Å². The SMILES string of the molecule is CCOc1cc(/C=N/NC(=O)COc2c(Br)cc(Br)c3cccnc23)ccc1OCC(=O)Nc1ccc(C)cc1. The number of nitrogens with zero attached hydrogens (tertiary/aromatic N) is 2. The summed E-state index contributed by atoms with van der Waals surface area (Å²) < 4.78 is 18.6. The van der Waals surface area contributed by atoms with Crippen LogP contribution in [0.25, 0.3) is 10.9 Å². The van der Waals surface area contributed by atoms with Gasteiger partial charge in [-0.05, 0) is 77.8 Å². The lowest BCUT2D eigenvalue weighted by atomic mass is 10.2. The van der Waals surface area contributed by atoms with Crippen molar-refractivity contribution in [2.75, 3.05) is 25.1 Å². The molecule has 11 heteroatoms. The lowest BCUT2D eigenvalue weighted by Gasteiger charge is -2.13. The maximum atomic E-state index is 12.4. The summed E-state index contributed by atoms with van der Waals surface area (Å²) >= 11 is 6.97. The molecule has 40 heavy (non-hydrogen) atoms. The predicted molar refractivity (Wildman–Crippen MR) is 161 cm³/mol. The number of ether oxygens (including phenoxy) is 3. The van der Waals surface area contributed by atoms with Gasteiger partial charge in [-0.25, -0.2) is 5.43 Å². The van der Waals surface area contributed by atoms with Gasteiger partial charge in [0.1, 0.15) is 5.52 Å². The van der Waals surface area contributed by atoms with Crippen LogP contribution in [0.2, 0.25) is 0 Å². The Morgan fingerprint density at radius 2 is 1.70 bits per heavy atom. The molecule has 9 nitrogen and oxygen atoms in total. The van der Waals surface area contributed by atoms with E-state index in [4.69, 9.17) is 14.2 Å². The number of fused-ring (bicyclic) bond motifs is 1. The van der Waals surface area contributed by atoms with Crippen LogP contribution in [0.3, 0.4) is 0 Å². The first-order valence-corrected chi connectivity index (χ1v) is 13.9. The number of anilines is 1. The van der Waals surface area contributed by atoms with Crippen molar-refractivity contribution in [2.24, 2.45) is 5.10 Å². The van der Waals surface area contributed by atoms with E-state index in [1.54, 1.807) is 24.4 Å². The number of nitrogens with one attached hydrogen (secondary N) is 2. The molecule has 2 N–H and O–H groups in total. The molecule has 0 aliphatic rings. The molecule has 1 heterocycles. The van der Waals surface area contributed by atoms with Gasteiger partial charge < -0.3 is 19.5 Å². The lowest BCUT2D eigenvalue weighted by molar-refractivity contribution is -0.123. The van der Waals surface area contributed by atoms with Crippen molar-refractivity contribution in [3.63, 3.8) is 0 Å². The fraction of sp³-hybridized carbons (Fsp3) is 0.172. The van der Waals surface area contributed by atoms with Crippen LogP contribution < -0.4 is 25.0 Å². The van der Waals surface area contributed by atoms with E-state index < -0.39 is 5.91 Å². The smallest absolute Gasteiger partial charge is 0.277 e. The van der Waals surface area contributed by atoms with Gasteiger partial charge in [0.2, 0.25) is 0 Å². The fourth-order valence-corrected chi connectivity index (χ4v) is 4.99. The van der Waals surface area contributed by atoms with Crippen molar-refractivity contribution in [1.29, 1.82) is 0 Å². The summed E-state index contributed by atoms with van der Waals surface area (Å²) in [6, 6.07) is 18.2. The van der Waals surface area contributed by atoms with E-state index >= 15 is 0 Å². The van der Waals surface area contributed by atoms with Crippen LogP contribution in [0.1, 0.15) is 18.1 Å². The molecule has 0 spiro atoms. The van der Waals surface area contributed by atoms with E-state index in [2.05, 4.69) is 52.7 Å². The highest BCUT2D eigenvalue weighted by Crippen LogP contribution is 2.37. The first-order valence-electron chi connectivity index (χ1n) is 12.3. The quantitative estimate of drug-likeness (QED) is 0.149. The molecule has 4 aromatic rings. The number of aryl methyl sites for hydroxylation is 1.